The van der Waals surface area contributed by atoms with Gasteiger partial charge in [0.15, 0.2) is 24.6 Å². The number of aryl methyl sites for hydroxylation is 1. The second-order valence-electron chi connectivity index (χ2n) is 6.48. The fourth-order valence-corrected chi connectivity index (χ4v) is 2.34. The Morgan fingerprint density at radius 2 is 1.96 bits per heavy atom. The number of fused-ring (bicyclic) bond motifs is 1. The van der Waals surface area contributed by atoms with Gasteiger partial charge in [-0.3, -0.25) is 9.78 Å². The van der Waals surface area contributed by atoms with Crippen LogP contribution in [0.25, 0.3) is 16.9 Å². The van der Waals surface area contributed by atoms with Gasteiger partial charge < -0.3 is 21.7 Å². The van der Waals surface area contributed by atoms with Crippen molar-refractivity contribution in [3.63, 3.8) is 0 Å². The van der Waals surface area contributed by atoms with E-state index in [0.29, 0.717) is 18.6 Å². The van der Waals surface area contributed by atoms with Crippen molar-refractivity contribution in [1.29, 1.82) is 0 Å². The van der Waals surface area contributed by atoms with Crippen molar-refractivity contribution in [2.75, 3.05) is 0 Å². The minimum atomic E-state index is -0.449. The number of ether oxygens (including phenoxy) is 1. The SMILES string of the molecule is CC(C)(C)OC(=O)CC[n+]1ccc(-c2cncc3ncnn23)cc1.[Br-]. The van der Waals surface area contributed by atoms with Gasteiger partial charge in [-0.15, -0.1) is 0 Å². The second kappa shape index (κ2) is 7.69. The van der Waals surface area contributed by atoms with E-state index in [4.69, 9.17) is 4.74 Å². The Bertz CT molecular complexity index is 855. The van der Waals surface area contributed by atoms with Gasteiger partial charge in [-0.1, -0.05) is 0 Å². The molecule has 0 aliphatic heterocycles. The molecule has 0 aliphatic rings. The fourth-order valence-electron chi connectivity index (χ4n) is 2.34. The molecule has 3 rings (SSSR count). The van der Waals surface area contributed by atoms with E-state index in [0.717, 1.165) is 11.3 Å². The Kier molecular flexibility index (Phi) is 5.84. The van der Waals surface area contributed by atoms with E-state index in [1.807, 2.05) is 49.9 Å². The van der Waals surface area contributed by atoms with E-state index in [9.17, 15) is 4.79 Å². The van der Waals surface area contributed by atoms with Crippen molar-refractivity contribution >= 4 is 11.6 Å². The molecular formula is C17H20BrN5O2. The fraction of sp³-hybridized carbons (Fsp3) is 0.353. The molecule has 0 spiro atoms. The first kappa shape index (κ1) is 19.0. The molecule has 0 saturated carbocycles. The van der Waals surface area contributed by atoms with Gasteiger partial charge >= 0.3 is 5.97 Å². The molecule has 0 aliphatic carbocycles. The summed E-state index contributed by atoms with van der Waals surface area (Å²) >= 11 is 0. The number of hydrogen-bond donors (Lipinski definition) is 0. The van der Waals surface area contributed by atoms with Gasteiger partial charge in [0.2, 0.25) is 0 Å². The molecule has 0 N–H and O–H groups in total. The number of rotatable bonds is 4. The first-order chi connectivity index (χ1) is 11.4. The van der Waals surface area contributed by atoms with Gasteiger partial charge in [0.25, 0.3) is 0 Å². The molecule has 25 heavy (non-hydrogen) atoms. The van der Waals surface area contributed by atoms with Crippen LogP contribution in [0, 0.1) is 0 Å². The Morgan fingerprint density at radius 3 is 2.64 bits per heavy atom. The largest absolute Gasteiger partial charge is 1.00 e. The summed E-state index contributed by atoms with van der Waals surface area (Å²) in [5, 5.41) is 4.21. The summed E-state index contributed by atoms with van der Waals surface area (Å²) < 4.78 is 9.00. The number of halogens is 1. The Hall–Kier alpha value is -2.35. The zero-order valence-electron chi connectivity index (χ0n) is 14.4. The number of nitrogens with zero attached hydrogens (tertiary/aromatic N) is 5. The zero-order chi connectivity index (χ0) is 17.2. The van der Waals surface area contributed by atoms with Crippen molar-refractivity contribution in [3.05, 3.63) is 43.2 Å². The van der Waals surface area contributed by atoms with Crippen LogP contribution in [0.15, 0.2) is 43.2 Å². The van der Waals surface area contributed by atoms with E-state index < -0.39 is 5.60 Å². The van der Waals surface area contributed by atoms with Crippen molar-refractivity contribution in [2.45, 2.75) is 39.3 Å². The van der Waals surface area contributed by atoms with Crippen LogP contribution >= 0.6 is 0 Å². The molecule has 0 aromatic carbocycles. The van der Waals surface area contributed by atoms with Crippen LogP contribution in [0.5, 0.6) is 0 Å². The average Bonchev–Trinajstić information content (AvgIpc) is 3.00. The third kappa shape index (κ3) is 4.82. The van der Waals surface area contributed by atoms with Crippen molar-refractivity contribution in [2.24, 2.45) is 0 Å². The van der Waals surface area contributed by atoms with Crippen molar-refractivity contribution in [3.8, 4) is 11.3 Å². The first-order valence-electron chi connectivity index (χ1n) is 7.77. The molecule has 0 bridgehead atoms. The van der Waals surface area contributed by atoms with E-state index in [-0.39, 0.29) is 23.0 Å². The lowest BCUT2D eigenvalue weighted by Crippen LogP contribution is -3.00. The lowest BCUT2D eigenvalue weighted by atomic mass is 10.2. The molecule has 132 valence electrons. The molecule has 8 heteroatoms. The van der Waals surface area contributed by atoms with Crippen LogP contribution in [-0.4, -0.2) is 31.2 Å². The lowest BCUT2D eigenvalue weighted by Gasteiger charge is -2.18. The smallest absolute Gasteiger partial charge is 0.312 e. The second-order valence-corrected chi connectivity index (χ2v) is 6.48. The highest BCUT2D eigenvalue weighted by Gasteiger charge is 2.17. The molecule has 3 aromatic rings. The first-order valence-corrected chi connectivity index (χ1v) is 7.77. The van der Waals surface area contributed by atoms with Crippen LogP contribution in [-0.2, 0) is 16.1 Å². The monoisotopic (exact) mass is 405 g/mol. The maximum Gasteiger partial charge on any atom is 0.312 e. The van der Waals surface area contributed by atoms with Crippen LogP contribution in [0.4, 0.5) is 0 Å². The number of esters is 1. The summed E-state index contributed by atoms with van der Waals surface area (Å²) in [6.07, 6.45) is 9.11. The number of carbonyl (C=O) groups is 1. The van der Waals surface area contributed by atoms with Crippen LogP contribution in [0.1, 0.15) is 27.2 Å². The molecular weight excluding hydrogens is 386 g/mol. The molecule has 0 unspecified atom stereocenters. The zero-order valence-corrected chi connectivity index (χ0v) is 16.0. The molecule has 3 aromatic heterocycles. The quantitative estimate of drug-likeness (QED) is 0.403. The summed E-state index contributed by atoms with van der Waals surface area (Å²) in [5.74, 6) is -0.198. The molecule has 7 nitrogen and oxygen atoms in total. The van der Waals surface area contributed by atoms with Gasteiger partial charge in [-0.2, -0.15) is 5.10 Å². The number of carbonyl (C=O) groups excluding carboxylic acids is 1. The van der Waals surface area contributed by atoms with Crippen LogP contribution in [0.3, 0.4) is 0 Å². The van der Waals surface area contributed by atoms with E-state index in [2.05, 4.69) is 15.1 Å². The van der Waals surface area contributed by atoms with Crippen molar-refractivity contribution in [1.82, 2.24) is 19.6 Å². The van der Waals surface area contributed by atoms with Gasteiger partial charge in [0.05, 0.1) is 18.1 Å². The highest BCUT2D eigenvalue weighted by atomic mass is 79.9. The molecule has 3 heterocycles. The summed E-state index contributed by atoms with van der Waals surface area (Å²) in [7, 11) is 0. The molecule has 0 fully saturated rings. The minimum Gasteiger partial charge on any atom is -1.00 e. The minimum absolute atomic E-state index is 0. The molecule has 0 amide bonds. The summed E-state index contributed by atoms with van der Waals surface area (Å²) in [4.78, 5) is 20.1. The average molecular weight is 406 g/mol. The lowest BCUT2D eigenvalue weighted by molar-refractivity contribution is -0.695. The maximum absolute atomic E-state index is 11.8. The highest BCUT2D eigenvalue weighted by molar-refractivity contribution is 5.69. The van der Waals surface area contributed by atoms with Gasteiger partial charge in [0, 0.05) is 17.7 Å². The van der Waals surface area contributed by atoms with Gasteiger partial charge in [-0.25, -0.2) is 14.1 Å². The van der Waals surface area contributed by atoms with Crippen LogP contribution in [0.2, 0.25) is 0 Å². The maximum atomic E-state index is 11.8. The van der Waals surface area contributed by atoms with E-state index in [1.165, 1.54) is 6.33 Å². The third-order valence-corrected chi connectivity index (χ3v) is 3.37. The van der Waals surface area contributed by atoms with E-state index in [1.54, 1.807) is 16.9 Å². The normalized spacial score (nSPS) is 11.2. The summed E-state index contributed by atoms with van der Waals surface area (Å²) in [6, 6.07) is 3.93. The number of pyridine rings is 1. The highest BCUT2D eigenvalue weighted by Crippen LogP contribution is 2.16. The Labute approximate surface area is 156 Å². The predicted molar refractivity (Wildman–Crippen MR) is 86.9 cm³/mol. The predicted octanol–water partition coefficient (Wildman–Crippen LogP) is -1.19. The van der Waals surface area contributed by atoms with Crippen molar-refractivity contribution < 1.29 is 31.1 Å². The van der Waals surface area contributed by atoms with Crippen LogP contribution < -0.4 is 21.5 Å². The number of hydrogen-bond acceptors (Lipinski definition) is 5. The van der Waals surface area contributed by atoms with Gasteiger partial charge in [0.1, 0.15) is 18.3 Å². The molecule has 0 radical (unpaired) electrons. The number of aromatic nitrogens is 5. The Balaban J connectivity index is 0.00000225. The topological polar surface area (TPSA) is 73.3 Å². The van der Waals surface area contributed by atoms with E-state index >= 15 is 0 Å². The summed E-state index contributed by atoms with van der Waals surface area (Å²) in [6.45, 7) is 6.17. The molecule has 0 atom stereocenters. The summed E-state index contributed by atoms with van der Waals surface area (Å²) in [5.41, 5.74) is 2.10. The Morgan fingerprint density at radius 1 is 1.24 bits per heavy atom. The third-order valence-electron chi connectivity index (χ3n) is 3.37. The molecule has 0 saturated heterocycles. The standard InChI is InChI=1S/C17H20N5O2.BrH/c1-17(2,3)24-16(23)6-9-21-7-4-13(5-8-21)14-10-18-11-15-19-12-20-22(14)15;/h4-5,7-8,10-12H,6,9H2,1-3H3;1H/q+1;/p-1. The van der Waals surface area contributed by atoms with Gasteiger partial charge in [-0.05, 0) is 20.8 Å².